The van der Waals surface area contributed by atoms with Crippen LogP contribution in [-0.2, 0) is 18.0 Å². The highest BCUT2D eigenvalue weighted by Crippen LogP contribution is 2.23. The average molecular weight is 407 g/mol. The number of nitrogens with one attached hydrogen (secondary N) is 1. The van der Waals surface area contributed by atoms with Gasteiger partial charge in [-0.25, -0.2) is 4.39 Å². The molecular formula is C25H26FNO3. The molecule has 0 spiro atoms. The highest BCUT2D eigenvalue weighted by atomic mass is 19.1. The first-order chi connectivity index (χ1) is 14.6. The van der Waals surface area contributed by atoms with Gasteiger partial charge in [0.1, 0.15) is 11.6 Å². The van der Waals surface area contributed by atoms with E-state index >= 15 is 0 Å². The summed E-state index contributed by atoms with van der Waals surface area (Å²) in [5.41, 5.74) is 3.25. The number of carbonyl (C=O) groups excluding carboxylic acids is 1. The first-order valence-corrected chi connectivity index (χ1v) is 10.0. The molecule has 5 heteroatoms. The van der Waals surface area contributed by atoms with Crippen LogP contribution >= 0.6 is 0 Å². The molecule has 3 aromatic rings. The summed E-state index contributed by atoms with van der Waals surface area (Å²) in [6.07, 6.45) is 0. The Hall–Kier alpha value is -3.18. The molecule has 0 saturated heterocycles. The van der Waals surface area contributed by atoms with E-state index in [9.17, 15) is 9.18 Å². The fourth-order valence-electron chi connectivity index (χ4n) is 3.10. The topological polar surface area (TPSA) is 47.6 Å². The lowest BCUT2D eigenvalue weighted by atomic mass is 10.1. The van der Waals surface area contributed by atoms with E-state index < -0.39 is 0 Å². The minimum absolute atomic E-state index is 0.209. The van der Waals surface area contributed by atoms with E-state index in [4.69, 9.17) is 9.47 Å². The third-order valence-electron chi connectivity index (χ3n) is 4.71. The standard InChI is InChI=1S/C25H26FNO3/c1-3-30-24-14-11-21(15-22(24)17-29-16-19-7-5-4-6-8-19)25(28)27-18(2)20-9-12-23(26)13-10-20/h4-15,18H,3,16-17H2,1-2H3,(H,27,28). The number of carbonyl (C=O) groups is 1. The van der Waals surface area contributed by atoms with Crippen molar-refractivity contribution in [2.75, 3.05) is 6.61 Å². The van der Waals surface area contributed by atoms with E-state index in [0.29, 0.717) is 31.1 Å². The maximum Gasteiger partial charge on any atom is 0.251 e. The van der Waals surface area contributed by atoms with Crippen LogP contribution in [0, 0.1) is 5.82 Å². The van der Waals surface area contributed by atoms with Gasteiger partial charge in [0.2, 0.25) is 0 Å². The van der Waals surface area contributed by atoms with Crippen LogP contribution in [0.4, 0.5) is 4.39 Å². The van der Waals surface area contributed by atoms with Crippen molar-refractivity contribution < 1.29 is 18.7 Å². The lowest BCUT2D eigenvalue weighted by Gasteiger charge is -2.16. The Morgan fingerprint density at radius 2 is 1.73 bits per heavy atom. The second kappa shape index (κ2) is 10.6. The molecule has 3 rings (SSSR count). The van der Waals surface area contributed by atoms with Crippen molar-refractivity contribution in [2.45, 2.75) is 33.1 Å². The predicted molar refractivity (Wildman–Crippen MR) is 115 cm³/mol. The summed E-state index contributed by atoms with van der Waals surface area (Å²) in [5, 5.41) is 2.95. The van der Waals surface area contributed by atoms with E-state index in [1.165, 1.54) is 12.1 Å². The fraction of sp³-hybridized carbons (Fsp3) is 0.240. The minimum Gasteiger partial charge on any atom is -0.494 e. The van der Waals surface area contributed by atoms with Crippen molar-refractivity contribution in [3.63, 3.8) is 0 Å². The van der Waals surface area contributed by atoms with Crippen molar-refractivity contribution in [3.8, 4) is 5.75 Å². The summed E-state index contributed by atoms with van der Waals surface area (Å²) in [6.45, 7) is 5.12. The largest absolute Gasteiger partial charge is 0.494 e. The van der Waals surface area contributed by atoms with Crippen LogP contribution in [-0.4, -0.2) is 12.5 Å². The van der Waals surface area contributed by atoms with E-state index in [1.54, 1.807) is 30.3 Å². The van der Waals surface area contributed by atoms with Crippen molar-refractivity contribution in [3.05, 3.63) is 101 Å². The van der Waals surface area contributed by atoms with Crippen molar-refractivity contribution in [2.24, 2.45) is 0 Å². The maximum absolute atomic E-state index is 13.1. The van der Waals surface area contributed by atoms with Gasteiger partial charge in [-0.2, -0.15) is 0 Å². The van der Waals surface area contributed by atoms with Crippen LogP contribution in [0.5, 0.6) is 5.75 Å². The Morgan fingerprint density at radius 1 is 1.00 bits per heavy atom. The van der Waals surface area contributed by atoms with Gasteiger partial charge in [0.15, 0.2) is 0 Å². The van der Waals surface area contributed by atoms with Crippen LogP contribution < -0.4 is 10.1 Å². The second-order valence-corrected chi connectivity index (χ2v) is 6.98. The Morgan fingerprint density at radius 3 is 2.43 bits per heavy atom. The van der Waals surface area contributed by atoms with Gasteiger partial charge in [-0.15, -0.1) is 0 Å². The summed E-state index contributed by atoms with van der Waals surface area (Å²) in [7, 11) is 0. The third-order valence-corrected chi connectivity index (χ3v) is 4.71. The van der Waals surface area contributed by atoms with Gasteiger partial charge >= 0.3 is 0 Å². The maximum atomic E-state index is 13.1. The molecular weight excluding hydrogens is 381 g/mol. The number of halogens is 1. The SMILES string of the molecule is CCOc1ccc(C(=O)NC(C)c2ccc(F)cc2)cc1COCc1ccccc1. The zero-order valence-electron chi connectivity index (χ0n) is 17.2. The molecule has 0 saturated carbocycles. The first kappa shape index (κ1) is 21.5. The monoisotopic (exact) mass is 407 g/mol. The molecule has 0 fully saturated rings. The molecule has 1 unspecified atom stereocenters. The van der Waals surface area contributed by atoms with Gasteiger partial charge in [0.25, 0.3) is 5.91 Å². The summed E-state index contributed by atoms with van der Waals surface area (Å²) in [5.74, 6) is 0.191. The van der Waals surface area contributed by atoms with Crippen molar-refractivity contribution in [1.29, 1.82) is 0 Å². The Kier molecular flexibility index (Phi) is 7.57. The quantitative estimate of drug-likeness (QED) is 0.514. The average Bonchev–Trinajstić information content (AvgIpc) is 2.76. The van der Waals surface area contributed by atoms with Gasteiger partial charge in [0.05, 0.1) is 25.9 Å². The molecule has 30 heavy (non-hydrogen) atoms. The number of benzene rings is 3. The van der Waals surface area contributed by atoms with Crippen LogP contribution in [0.1, 0.15) is 46.9 Å². The molecule has 0 bridgehead atoms. The van der Waals surface area contributed by atoms with Gasteiger partial charge < -0.3 is 14.8 Å². The molecule has 3 aromatic carbocycles. The van der Waals surface area contributed by atoms with Crippen LogP contribution in [0.15, 0.2) is 72.8 Å². The Bertz CT molecular complexity index is 958. The molecule has 0 aliphatic rings. The number of rotatable bonds is 9. The summed E-state index contributed by atoms with van der Waals surface area (Å²) in [6, 6.07) is 21.1. The highest BCUT2D eigenvalue weighted by molar-refractivity contribution is 5.94. The molecule has 156 valence electrons. The normalized spacial score (nSPS) is 11.7. The fourth-order valence-corrected chi connectivity index (χ4v) is 3.10. The third kappa shape index (κ3) is 5.91. The summed E-state index contributed by atoms with van der Waals surface area (Å²) in [4.78, 5) is 12.7. The van der Waals surface area contributed by atoms with Gasteiger partial charge in [-0.1, -0.05) is 42.5 Å². The zero-order valence-corrected chi connectivity index (χ0v) is 17.2. The van der Waals surface area contributed by atoms with Gasteiger partial charge in [-0.3, -0.25) is 4.79 Å². The molecule has 0 radical (unpaired) electrons. The molecule has 4 nitrogen and oxygen atoms in total. The number of hydrogen-bond donors (Lipinski definition) is 1. The molecule has 1 amide bonds. The number of hydrogen-bond acceptors (Lipinski definition) is 3. The van der Waals surface area contributed by atoms with Gasteiger partial charge in [-0.05, 0) is 55.3 Å². The first-order valence-electron chi connectivity index (χ1n) is 10.0. The predicted octanol–water partition coefficient (Wildman–Crippen LogP) is 5.43. The van der Waals surface area contributed by atoms with E-state index in [2.05, 4.69) is 5.32 Å². The Balaban J connectivity index is 1.68. The van der Waals surface area contributed by atoms with Crippen LogP contribution in [0.3, 0.4) is 0 Å². The van der Waals surface area contributed by atoms with Crippen LogP contribution in [0.2, 0.25) is 0 Å². The highest BCUT2D eigenvalue weighted by Gasteiger charge is 2.14. The number of amides is 1. The van der Waals surface area contributed by atoms with Gasteiger partial charge in [0, 0.05) is 11.1 Å². The van der Waals surface area contributed by atoms with E-state index in [-0.39, 0.29) is 17.8 Å². The lowest BCUT2D eigenvalue weighted by Crippen LogP contribution is -2.26. The smallest absolute Gasteiger partial charge is 0.251 e. The van der Waals surface area contributed by atoms with Crippen LogP contribution in [0.25, 0.3) is 0 Å². The molecule has 0 heterocycles. The molecule has 1 N–H and O–H groups in total. The summed E-state index contributed by atoms with van der Waals surface area (Å²) >= 11 is 0. The minimum atomic E-state index is -0.302. The zero-order chi connectivity index (χ0) is 21.3. The second-order valence-electron chi connectivity index (χ2n) is 6.98. The van der Waals surface area contributed by atoms with E-state index in [0.717, 1.165) is 16.7 Å². The molecule has 0 aromatic heterocycles. The summed E-state index contributed by atoms with van der Waals surface area (Å²) < 4.78 is 24.7. The molecule has 1 atom stereocenters. The Labute approximate surface area is 176 Å². The number of ether oxygens (including phenoxy) is 2. The molecule has 0 aliphatic carbocycles. The molecule has 0 aliphatic heterocycles. The van der Waals surface area contributed by atoms with E-state index in [1.807, 2.05) is 44.2 Å². The van der Waals surface area contributed by atoms with Crippen molar-refractivity contribution >= 4 is 5.91 Å². The van der Waals surface area contributed by atoms with Crippen molar-refractivity contribution in [1.82, 2.24) is 5.32 Å². The lowest BCUT2D eigenvalue weighted by molar-refractivity contribution is 0.0937.